The molecule has 0 aliphatic heterocycles. The van der Waals surface area contributed by atoms with Crippen molar-refractivity contribution in [3.63, 3.8) is 0 Å². The number of carbonyl (C=O) groups is 1. The molecule has 0 bridgehead atoms. The summed E-state index contributed by atoms with van der Waals surface area (Å²) in [5.41, 5.74) is 0. The van der Waals surface area contributed by atoms with Crippen molar-refractivity contribution in [2.24, 2.45) is 0 Å². The summed E-state index contributed by atoms with van der Waals surface area (Å²) in [7, 11) is 1.58. The molecule has 5 heteroatoms. The van der Waals surface area contributed by atoms with E-state index in [1.165, 1.54) is 0 Å². The molecular formula is C13H27NO4. The monoisotopic (exact) mass is 261 g/mol. The van der Waals surface area contributed by atoms with Crippen LogP contribution in [0.1, 0.15) is 39.0 Å². The fraction of sp³-hybridized carbons (Fsp3) is 0.923. The maximum atomic E-state index is 11.0. The Morgan fingerprint density at radius 2 is 2.06 bits per heavy atom. The van der Waals surface area contributed by atoms with E-state index in [1.54, 1.807) is 7.11 Å². The molecule has 2 N–H and O–H groups in total. The van der Waals surface area contributed by atoms with E-state index in [0.717, 1.165) is 32.4 Å². The number of carbonyl (C=O) groups excluding carboxylic acids is 1. The largest absolute Gasteiger partial charge is 0.466 e. The molecule has 0 amide bonds. The fourth-order valence-electron chi connectivity index (χ4n) is 1.60. The predicted molar refractivity (Wildman–Crippen MR) is 70.5 cm³/mol. The number of aliphatic hydroxyl groups excluding tert-OH is 1. The Labute approximate surface area is 110 Å². The third-order valence-electron chi connectivity index (χ3n) is 2.55. The number of hydrogen-bond donors (Lipinski definition) is 2. The molecule has 0 radical (unpaired) electrons. The molecule has 18 heavy (non-hydrogen) atoms. The Balaban J connectivity index is 3.14. The van der Waals surface area contributed by atoms with Gasteiger partial charge in [0.1, 0.15) is 0 Å². The lowest BCUT2D eigenvalue weighted by Gasteiger charge is -2.09. The maximum Gasteiger partial charge on any atom is 0.305 e. The molecule has 0 fully saturated rings. The van der Waals surface area contributed by atoms with Crippen LogP contribution in [0.25, 0.3) is 0 Å². The quantitative estimate of drug-likeness (QED) is 0.407. The van der Waals surface area contributed by atoms with Gasteiger partial charge in [0.15, 0.2) is 0 Å². The smallest absolute Gasteiger partial charge is 0.305 e. The molecule has 0 aliphatic rings. The molecule has 0 rings (SSSR count). The van der Waals surface area contributed by atoms with Gasteiger partial charge in [0.25, 0.3) is 0 Å². The molecule has 0 saturated heterocycles. The third kappa shape index (κ3) is 11.8. The van der Waals surface area contributed by atoms with Gasteiger partial charge in [-0.3, -0.25) is 4.79 Å². The van der Waals surface area contributed by atoms with Crippen molar-refractivity contribution in [1.29, 1.82) is 0 Å². The predicted octanol–water partition coefficient (Wildman–Crippen LogP) is 1.10. The molecule has 0 aromatic rings. The number of ether oxygens (including phenoxy) is 2. The van der Waals surface area contributed by atoms with Crippen LogP contribution in [0.5, 0.6) is 0 Å². The van der Waals surface area contributed by atoms with Crippen LogP contribution in [0.15, 0.2) is 0 Å². The summed E-state index contributed by atoms with van der Waals surface area (Å²) in [4.78, 5) is 11.0. The summed E-state index contributed by atoms with van der Waals surface area (Å²) >= 11 is 0. The van der Waals surface area contributed by atoms with Gasteiger partial charge in [0.2, 0.25) is 0 Å². The first-order valence-corrected chi connectivity index (χ1v) is 6.74. The lowest BCUT2D eigenvalue weighted by molar-refractivity contribution is -0.143. The van der Waals surface area contributed by atoms with E-state index in [9.17, 15) is 9.90 Å². The minimum Gasteiger partial charge on any atom is -0.466 e. The standard InChI is InChI=1S/C13H27NO4/c1-3-18-13(16)7-5-4-6-9-14-10-8-12(15)11-17-2/h12,14-15H,3-11H2,1-2H3. The Morgan fingerprint density at radius 3 is 2.72 bits per heavy atom. The van der Waals surface area contributed by atoms with Gasteiger partial charge < -0.3 is 19.9 Å². The van der Waals surface area contributed by atoms with Crippen LogP contribution in [-0.4, -0.2) is 50.6 Å². The molecular weight excluding hydrogens is 234 g/mol. The highest BCUT2D eigenvalue weighted by Crippen LogP contribution is 2.00. The van der Waals surface area contributed by atoms with Gasteiger partial charge in [-0.1, -0.05) is 6.42 Å². The molecule has 5 nitrogen and oxygen atoms in total. The number of methoxy groups -OCH3 is 1. The van der Waals surface area contributed by atoms with Crippen molar-refractivity contribution >= 4 is 5.97 Å². The molecule has 1 unspecified atom stereocenters. The van der Waals surface area contributed by atoms with E-state index >= 15 is 0 Å². The average molecular weight is 261 g/mol. The highest BCUT2D eigenvalue weighted by Gasteiger charge is 2.02. The Bertz CT molecular complexity index is 199. The first-order chi connectivity index (χ1) is 8.70. The van der Waals surface area contributed by atoms with E-state index in [4.69, 9.17) is 9.47 Å². The third-order valence-corrected chi connectivity index (χ3v) is 2.55. The molecule has 0 saturated carbocycles. The summed E-state index contributed by atoms with van der Waals surface area (Å²) < 4.78 is 9.68. The van der Waals surface area contributed by atoms with Crippen LogP contribution in [0.2, 0.25) is 0 Å². The summed E-state index contributed by atoms with van der Waals surface area (Å²) in [6.07, 6.45) is 3.78. The van der Waals surface area contributed by atoms with Crippen LogP contribution in [0.3, 0.4) is 0 Å². The molecule has 0 aromatic carbocycles. The van der Waals surface area contributed by atoms with Crippen LogP contribution in [-0.2, 0) is 14.3 Å². The van der Waals surface area contributed by atoms with E-state index in [2.05, 4.69) is 5.32 Å². The Kier molecular flexibility index (Phi) is 12.3. The second kappa shape index (κ2) is 12.8. The van der Waals surface area contributed by atoms with Crippen LogP contribution in [0, 0.1) is 0 Å². The lowest BCUT2D eigenvalue weighted by Crippen LogP contribution is -2.24. The maximum absolute atomic E-state index is 11.0. The van der Waals surface area contributed by atoms with Crippen molar-refractivity contribution in [2.75, 3.05) is 33.4 Å². The van der Waals surface area contributed by atoms with E-state index in [-0.39, 0.29) is 12.1 Å². The molecule has 1 atom stereocenters. The van der Waals surface area contributed by atoms with Gasteiger partial charge in [-0.05, 0) is 39.3 Å². The van der Waals surface area contributed by atoms with Crippen molar-refractivity contribution in [2.45, 2.75) is 45.1 Å². The van der Waals surface area contributed by atoms with Crippen LogP contribution < -0.4 is 5.32 Å². The summed E-state index contributed by atoms with van der Waals surface area (Å²) in [6, 6.07) is 0. The topological polar surface area (TPSA) is 67.8 Å². The number of hydrogen-bond acceptors (Lipinski definition) is 5. The molecule has 0 aromatic heterocycles. The molecule has 108 valence electrons. The first kappa shape index (κ1) is 17.4. The van der Waals surface area contributed by atoms with E-state index < -0.39 is 0 Å². The second-order valence-electron chi connectivity index (χ2n) is 4.26. The second-order valence-corrected chi connectivity index (χ2v) is 4.26. The van der Waals surface area contributed by atoms with Gasteiger partial charge in [-0.15, -0.1) is 0 Å². The Morgan fingerprint density at radius 1 is 1.28 bits per heavy atom. The van der Waals surface area contributed by atoms with Crippen LogP contribution in [0.4, 0.5) is 0 Å². The van der Waals surface area contributed by atoms with Crippen LogP contribution >= 0.6 is 0 Å². The summed E-state index contributed by atoms with van der Waals surface area (Å²) in [6.45, 7) is 4.39. The lowest BCUT2D eigenvalue weighted by atomic mass is 10.2. The number of nitrogens with one attached hydrogen (secondary N) is 1. The van der Waals surface area contributed by atoms with Crippen molar-refractivity contribution in [1.82, 2.24) is 5.32 Å². The number of esters is 1. The highest BCUT2D eigenvalue weighted by molar-refractivity contribution is 5.69. The zero-order valence-corrected chi connectivity index (χ0v) is 11.6. The van der Waals surface area contributed by atoms with Crippen molar-refractivity contribution < 1.29 is 19.4 Å². The zero-order valence-electron chi connectivity index (χ0n) is 11.6. The van der Waals surface area contributed by atoms with Crippen molar-refractivity contribution in [3.05, 3.63) is 0 Å². The first-order valence-electron chi connectivity index (χ1n) is 6.74. The number of rotatable bonds is 12. The number of unbranched alkanes of at least 4 members (excludes halogenated alkanes) is 2. The van der Waals surface area contributed by atoms with E-state index in [0.29, 0.717) is 26.1 Å². The minimum atomic E-state index is -0.383. The highest BCUT2D eigenvalue weighted by atomic mass is 16.5. The molecule has 0 aliphatic carbocycles. The zero-order chi connectivity index (χ0) is 13.6. The normalized spacial score (nSPS) is 12.4. The summed E-state index contributed by atoms with van der Waals surface area (Å²) in [5.74, 6) is -0.104. The van der Waals surface area contributed by atoms with Gasteiger partial charge in [-0.2, -0.15) is 0 Å². The minimum absolute atomic E-state index is 0.104. The van der Waals surface area contributed by atoms with Gasteiger partial charge >= 0.3 is 5.97 Å². The van der Waals surface area contributed by atoms with Crippen molar-refractivity contribution in [3.8, 4) is 0 Å². The SMILES string of the molecule is CCOC(=O)CCCCCNCCC(O)COC. The van der Waals surface area contributed by atoms with Gasteiger partial charge in [0, 0.05) is 13.5 Å². The van der Waals surface area contributed by atoms with Gasteiger partial charge in [-0.25, -0.2) is 0 Å². The van der Waals surface area contributed by atoms with Gasteiger partial charge in [0.05, 0.1) is 19.3 Å². The summed E-state index contributed by atoms with van der Waals surface area (Å²) in [5, 5.41) is 12.6. The average Bonchev–Trinajstić information content (AvgIpc) is 2.33. The Hall–Kier alpha value is -0.650. The molecule has 0 spiro atoms. The fourth-order valence-corrected chi connectivity index (χ4v) is 1.60. The molecule has 0 heterocycles. The number of aliphatic hydroxyl groups is 1. The van der Waals surface area contributed by atoms with E-state index in [1.807, 2.05) is 6.92 Å².